The number of carbonyl (C=O) groups is 1. The number of carbonyl (C=O) groups excluding carboxylic acids is 1. The van der Waals surface area contributed by atoms with Gasteiger partial charge in [0.2, 0.25) is 0 Å². The van der Waals surface area contributed by atoms with E-state index in [1.165, 1.54) is 18.4 Å². The lowest BCUT2D eigenvalue weighted by Crippen LogP contribution is -2.50. The van der Waals surface area contributed by atoms with Gasteiger partial charge in [-0.1, -0.05) is 15.9 Å². The maximum absolute atomic E-state index is 12.2. The van der Waals surface area contributed by atoms with Crippen molar-refractivity contribution < 1.29 is 14.3 Å². The third-order valence-electron chi connectivity index (χ3n) is 5.53. The van der Waals surface area contributed by atoms with Crippen LogP contribution in [0.15, 0.2) is 22.7 Å². The Morgan fingerprint density at radius 1 is 1.27 bits per heavy atom. The van der Waals surface area contributed by atoms with Crippen molar-refractivity contribution >= 4 is 22.0 Å². The van der Waals surface area contributed by atoms with Gasteiger partial charge in [0.1, 0.15) is 11.4 Å². The molecule has 0 aromatic heterocycles. The first-order valence-corrected chi connectivity index (χ1v) is 10.3. The highest BCUT2D eigenvalue weighted by Crippen LogP contribution is 2.52. The van der Waals surface area contributed by atoms with E-state index in [1.54, 1.807) is 0 Å². The van der Waals surface area contributed by atoms with E-state index >= 15 is 0 Å². The average Bonchev–Trinajstić information content (AvgIpc) is 2.53. The number of benzene rings is 1. The lowest BCUT2D eigenvalue weighted by Gasteiger charge is -2.52. The Morgan fingerprint density at radius 2 is 1.92 bits per heavy atom. The van der Waals surface area contributed by atoms with Crippen LogP contribution in [0.25, 0.3) is 0 Å². The van der Waals surface area contributed by atoms with Crippen molar-refractivity contribution in [2.24, 2.45) is 11.3 Å². The number of aryl methyl sites for hydroxylation is 1. The zero-order chi connectivity index (χ0) is 18.9. The molecule has 4 nitrogen and oxygen atoms in total. The summed E-state index contributed by atoms with van der Waals surface area (Å²) in [5.74, 6) is 1.58. The van der Waals surface area contributed by atoms with Crippen LogP contribution in [0.4, 0.5) is 4.79 Å². The van der Waals surface area contributed by atoms with Crippen molar-refractivity contribution in [1.82, 2.24) is 4.90 Å². The number of rotatable bonds is 3. The fraction of sp³-hybridized carbons (Fsp3) is 0.667. The first kappa shape index (κ1) is 19.5. The van der Waals surface area contributed by atoms with Crippen LogP contribution in [-0.4, -0.2) is 36.3 Å². The predicted octanol–water partition coefficient (Wildman–Crippen LogP) is 5.56. The van der Waals surface area contributed by atoms with Crippen molar-refractivity contribution in [3.63, 3.8) is 0 Å². The number of piperidine rings is 1. The fourth-order valence-corrected chi connectivity index (χ4v) is 4.35. The second-order valence-corrected chi connectivity index (χ2v) is 9.82. The topological polar surface area (TPSA) is 38.8 Å². The molecule has 0 unspecified atom stereocenters. The lowest BCUT2D eigenvalue weighted by atomic mass is 9.58. The maximum Gasteiger partial charge on any atom is 0.410 e. The molecule has 3 rings (SSSR count). The largest absolute Gasteiger partial charge is 0.493 e. The number of amides is 1. The zero-order valence-electron chi connectivity index (χ0n) is 16.3. The van der Waals surface area contributed by atoms with Gasteiger partial charge >= 0.3 is 6.09 Å². The van der Waals surface area contributed by atoms with E-state index in [0.29, 0.717) is 11.3 Å². The Labute approximate surface area is 165 Å². The molecule has 144 valence electrons. The third kappa shape index (κ3) is 4.73. The Bertz CT molecular complexity index is 652. The molecule has 1 spiro atoms. The molecule has 0 radical (unpaired) electrons. The average molecular weight is 424 g/mol. The van der Waals surface area contributed by atoms with Crippen LogP contribution in [0, 0.1) is 18.3 Å². The van der Waals surface area contributed by atoms with Gasteiger partial charge in [0.25, 0.3) is 0 Å². The van der Waals surface area contributed by atoms with Crippen molar-refractivity contribution in [2.45, 2.75) is 59.0 Å². The minimum absolute atomic E-state index is 0.169. The highest BCUT2D eigenvalue weighted by Gasteiger charge is 2.46. The van der Waals surface area contributed by atoms with Crippen LogP contribution < -0.4 is 4.74 Å². The molecule has 1 aliphatic heterocycles. The third-order valence-corrected chi connectivity index (χ3v) is 6.42. The summed E-state index contributed by atoms with van der Waals surface area (Å²) in [4.78, 5) is 14.1. The van der Waals surface area contributed by atoms with Crippen molar-refractivity contribution in [3.05, 3.63) is 28.2 Å². The van der Waals surface area contributed by atoms with E-state index in [-0.39, 0.29) is 6.09 Å². The normalized spacial score (nSPS) is 20.0. The molecule has 0 N–H and O–H groups in total. The van der Waals surface area contributed by atoms with Crippen molar-refractivity contribution in [3.8, 4) is 5.75 Å². The first-order valence-electron chi connectivity index (χ1n) is 9.53. The number of hydrogen-bond donors (Lipinski definition) is 0. The highest BCUT2D eigenvalue weighted by atomic mass is 79.9. The standard InChI is InChI=1S/C21H30BrNO3/c1-15-11-17(5-6-18(15)22)25-14-16-12-21(13-16)7-9-23(10-8-21)19(24)26-20(2,3)4/h5-6,11,16H,7-10,12-14H2,1-4H3. The zero-order valence-corrected chi connectivity index (χ0v) is 17.9. The van der Waals surface area contributed by atoms with Crippen LogP contribution >= 0.6 is 15.9 Å². The molecule has 1 aromatic carbocycles. The summed E-state index contributed by atoms with van der Waals surface area (Å²) in [6, 6.07) is 6.14. The van der Waals surface area contributed by atoms with Crippen LogP contribution in [0.2, 0.25) is 0 Å². The van der Waals surface area contributed by atoms with E-state index in [9.17, 15) is 4.79 Å². The Balaban J connectivity index is 1.41. The molecular formula is C21H30BrNO3. The second-order valence-electron chi connectivity index (χ2n) is 8.96. The van der Waals surface area contributed by atoms with Crippen molar-refractivity contribution in [1.29, 1.82) is 0 Å². The molecule has 2 fully saturated rings. The predicted molar refractivity (Wildman–Crippen MR) is 107 cm³/mol. The molecule has 26 heavy (non-hydrogen) atoms. The smallest absolute Gasteiger partial charge is 0.410 e. The van der Waals surface area contributed by atoms with Gasteiger partial charge < -0.3 is 14.4 Å². The summed E-state index contributed by atoms with van der Waals surface area (Å²) >= 11 is 3.52. The molecule has 1 saturated heterocycles. The minimum Gasteiger partial charge on any atom is -0.493 e. The van der Waals surface area contributed by atoms with Crippen LogP contribution in [0.1, 0.15) is 52.0 Å². The second kappa shape index (κ2) is 7.41. The van der Waals surface area contributed by atoms with Gasteiger partial charge in [-0.15, -0.1) is 0 Å². The number of likely N-dealkylation sites (tertiary alicyclic amines) is 1. The number of ether oxygens (including phenoxy) is 2. The Hall–Kier alpha value is -1.23. The van der Waals surface area contributed by atoms with E-state index in [0.717, 1.165) is 42.8 Å². The Morgan fingerprint density at radius 3 is 2.50 bits per heavy atom. The van der Waals surface area contributed by atoms with E-state index in [1.807, 2.05) is 37.8 Å². The van der Waals surface area contributed by atoms with Gasteiger partial charge in [0.15, 0.2) is 0 Å². The van der Waals surface area contributed by atoms with Gasteiger partial charge in [0, 0.05) is 17.6 Å². The Kier molecular flexibility index (Phi) is 5.57. The first-order chi connectivity index (χ1) is 12.2. The number of nitrogens with zero attached hydrogens (tertiary/aromatic N) is 1. The molecule has 1 saturated carbocycles. The van der Waals surface area contributed by atoms with Gasteiger partial charge in [-0.2, -0.15) is 0 Å². The summed E-state index contributed by atoms with van der Waals surface area (Å²) in [7, 11) is 0. The summed E-state index contributed by atoms with van der Waals surface area (Å²) in [5, 5.41) is 0. The van der Waals surface area contributed by atoms with Gasteiger partial charge in [-0.3, -0.25) is 0 Å². The number of hydrogen-bond acceptors (Lipinski definition) is 3. The monoisotopic (exact) mass is 423 g/mol. The molecule has 1 aromatic rings. The molecule has 1 amide bonds. The van der Waals surface area contributed by atoms with Crippen molar-refractivity contribution in [2.75, 3.05) is 19.7 Å². The molecular weight excluding hydrogens is 394 g/mol. The van der Waals surface area contributed by atoms with Gasteiger partial charge in [0.05, 0.1) is 6.61 Å². The van der Waals surface area contributed by atoms with Gasteiger partial charge in [-0.05, 0) is 88.5 Å². The molecule has 1 aliphatic carbocycles. The highest BCUT2D eigenvalue weighted by molar-refractivity contribution is 9.10. The van der Waals surface area contributed by atoms with E-state index in [4.69, 9.17) is 9.47 Å². The summed E-state index contributed by atoms with van der Waals surface area (Å²) < 4.78 is 12.6. The molecule has 0 atom stereocenters. The summed E-state index contributed by atoms with van der Waals surface area (Å²) in [5.41, 5.74) is 1.20. The van der Waals surface area contributed by atoms with E-state index < -0.39 is 5.60 Å². The van der Waals surface area contributed by atoms with Crippen LogP contribution in [-0.2, 0) is 4.74 Å². The molecule has 0 bridgehead atoms. The van der Waals surface area contributed by atoms with Crippen LogP contribution in [0.3, 0.4) is 0 Å². The molecule has 1 heterocycles. The molecule has 2 aliphatic rings. The fourth-order valence-electron chi connectivity index (χ4n) is 4.10. The number of halogens is 1. The molecule has 5 heteroatoms. The summed E-state index contributed by atoms with van der Waals surface area (Å²) in [6.07, 6.45) is 4.42. The minimum atomic E-state index is -0.420. The van der Waals surface area contributed by atoms with Gasteiger partial charge in [-0.25, -0.2) is 4.79 Å². The maximum atomic E-state index is 12.2. The quantitative estimate of drug-likeness (QED) is 0.638. The van der Waals surface area contributed by atoms with E-state index in [2.05, 4.69) is 28.9 Å². The SMILES string of the molecule is Cc1cc(OCC2CC3(CCN(C(=O)OC(C)(C)C)CC3)C2)ccc1Br. The summed E-state index contributed by atoms with van der Waals surface area (Å²) in [6.45, 7) is 10.2. The van der Waals surface area contributed by atoms with Crippen LogP contribution in [0.5, 0.6) is 5.75 Å². The lowest BCUT2D eigenvalue weighted by molar-refractivity contribution is -0.0380.